The molecule has 0 fully saturated rings. The minimum atomic E-state index is 0.506. The van der Waals surface area contributed by atoms with Crippen molar-refractivity contribution in [2.24, 2.45) is 17.8 Å². The van der Waals surface area contributed by atoms with Crippen molar-refractivity contribution < 1.29 is 9.47 Å². The van der Waals surface area contributed by atoms with Crippen LogP contribution in [0.1, 0.15) is 79.6 Å². The molecule has 0 rings (SSSR count). The second-order valence-corrected chi connectivity index (χ2v) is 7.66. The Hall–Kier alpha value is -0.340. The Labute approximate surface area is 146 Å². The fraction of sp³-hybridized carbons (Fsp3) is 0.905. The Balaban J connectivity index is 3.30. The Kier molecular flexibility index (Phi) is 16.3. The van der Waals surface area contributed by atoms with E-state index in [1.807, 2.05) is 0 Å². The molecule has 1 atom stereocenters. The van der Waals surface area contributed by atoms with E-state index in [2.05, 4.69) is 46.8 Å². The van der Waals surface area contributed by atoms with E-state index in [1.54, 1.807) is 0 Å². The molecule has 0 aromatic rings. The summed E-state index contributed by atoms with van der Waals surface area (Å²) in [6.07, 6.45) is 13.1. The molecule has 0 aliphatic rings. The van der Waals surface area contributed by atoms with Crippen LogP contribution in [-0.2, 0) is 9.47 Å². The second-order valence-electron chi connectivity index (χ2n) is 7.66. The van der Waals surface area contributed by atoms with Crippen LogP contribution in [0.15, 0.2) is 12.2 Å². The molecular formula is C21H42O2. The molecule has 0 bridgehead atoms. The lowest BCUT2D eigenvalue weighted by Gasteiger charge is -2.09. The summed E-state index contributed by atoms with van der Waals surface area (Å²) < 4.78 is 11.4. The SMILES string of the molecule is CC(C)CCCCOCCC=CC(C)COCCCCC(C)C. The van der Waals surface area contributed by atoms with E-state index < -0.39 is 0 Å². The largest absolute Gasteiger partial charge is 0.381 e. The van der Waals surface area contributed by atoms with Crippen LogP contribution in [0.4, 0.5) is 0 Å². The maximum atomic E-state index is 5.74. The highest BCUT2D eigenvalue weighted by molar-refractivity contribution is 4.86. The van der Waals surface area contributed by atoms with Crippen molar-refractivity contribution in [3.05, 3.63) is 12.2 Å². The van der Waals surface area contributed by atoms with Crippen molar-refractivity contribution in [1.82, 2.24) is 0 Å². The van der Waals surface area contributed by atoms with E-state index in [-0.39, 0.29) is 0 Å². The van der Waals surface area contributed by atoms with Gasteiger partial charge in [-0.15, -0.1) is 0 Å². The van der Waals surface area contributed by atoms with E-state index in [9.17, 15) is 0 Å². The highest BCUT2D eigenvalue weighted by Crippen LogP contribution is 2.07. The monoisotopic (exact) mass is 326 g/mol. The van der Waals surface area contributed by atoms with Crippen molar-refractivity contribution in [1.29, 1.82) is 0 Å². The van der Waals surface area contributed by atoms with Crippen LogP contribution in [0.2, 0.25) is 0 Å². The summed E-state index contributed by atoms with van der Waals surface area (Å²) >= 11 is 0. The third-order valence-corrected chi connectivity index (χ3v) is 3.91. The zero-order valence-corrected chi connectivity index (χ0v) is 16.5. The number of hydrogen-bond acceptors (Lipinski definition) is 2. The van der Waals surface area contributed by atoms with E-state index in [0.29, 0.717) is 5.92 Å². The van der Waals surface area contributed by atoms with Gasteiger partial charge >= 0.3 is 0 Å². The van der Waals surface area contributed by atoms with Crippen molar-refractivity contribution in [3.8, 4) is 0 Å². The van der Waals surface area contributed by atoms with E-state index in [4.69, 9.17) is 9.47 Å². The average Bonchev–Trinajstić information content (AvgIpc) is 2.48. The molecule has 2 nitrogen and oxygen atoms in total. The average molecular weight is 327 g/mol. The Morgan fingerprint density at radius 2 is 1.26 bits per heavy atom. The standard InChI is InChI=1S/C21H42O2/c1-19(2)12-6-9-15-22-16-11-8-14-21(5)18-23-17-10-7-13-20(3)4/h8,14,19-21H,6-7,9-13,15-18H2,1-5H3. The van der Waals surface area contributed by atoms with Crippen LogP contribution in [0.5, 0.6) is 0 Å². The minimum Gasteiger partial charge on any atom is -0.381 e. The molecule has 0 aromatic carbocycles. The van der Waals surface area contributed by atoms with Crippen LogP contribution < -0.4 is 0 Å². The highest BCUT2D eigenvalue weighted by Gasteiger charge is 1.98. The second kappa shape index (κ2) is 16.5. The molecular weight excluding hydrogens is 284 g/mol. The Morgan fingerprint density at radius 1 is 0.696 bits per heavy atom. The molecule has 0 saturated carbocycles. The van der Waals surface area contributed by atoms with Gasteiger partial charge in [0.15, 0.2) is 0 Å². The zero-order chi connectivity index (χ0) is 17.3. The summed E-state index contributed by atoms with van der Waals surface area (Å²) in [5, 5.41) is 0. The van der Waals surface area contributed by atoms with Crippen molar-refractivity contribution in [2.45, 2.75) is 79.6 Å². The van der Waals surface area contributed by atoms with E-state index in [1.165, 1.54) is 38.5 Å². The maximum absolute atomic E-state index is 5.74. The number of unbranched alkanes of at least 4 members (excludes halogenated alkanes) is 2. The molecule has 138 valence electrons. The van der Waals surface area contributed by atoms with Gasteiger partial charge in [-0.2, -0.15) is 0 Å². The molecule has 2 heteroatoms. The van der Waals surface area contributed by atoms with Crippen molar-refractivity contribution in [2.75, 3.05) is 26.4 Å². The van der Waals surface area contributed by atoms with Gasteiger partial charge in [0.05, 0.1) is 13.2 Å². The van der Waals surface area contributed by atoms with Gasteiger partial charge in [0.1, 0.15) is 0 Å². The maximum Gasteiger partial charge on any atom is 0.0526 e. The lowest BCUT2D eigenvalue weighted by atomic mass is 10.1. The van der Waals surface area contributed by atoms with Gasteiger partial charge in [0, 0.05) is 13.2 Å². The topological polar surface area (TPSA) is 18.5 Å². The van der Waals surface area contributed by atoms with Gasteiger partial charge in [-0.05, 0) is 37.0 Å². The molecule has 0 amide bonds. The predicted octanol–water partition coefficient (Wildman–Crippen LogP) is 6.25. The van der Waals surface area contributed by atoms with Crippen LogP contribution in [0.3, 0.4) is 0 Å². The smallest absolute Gasteiger partial charge is 0.0526 e. The first-order valence-corrected chi connectivity index (χ1v) is 9.84. The summed E-state index contributed by atoms with van der Waals surface area (Å²) in [7, 11) is 0. The summed E-state index contributed by atoms with van der Waals surface area (Å²) in [6.45, 7) is 14.9. The molecule has 0 N–H and O–H groups in total. The Bertz CT molecular complexity index is 259. The third kappa shape index (κ3) is 19.6. The predicted molar refractivity (Wildman–Crippen MR) is 102 cm³/mol. The third-order valence-electron chi connectivity index (χ3n) is 3.91. The first kappa shape index (κ1) is 22.7. The molecule has 0 aliphatic heterocycles. The lowest BCUT2D eigenvalue weighted by Crippen LogP contribution is -2.05. The van der Waals surface area contributed by atoms with Crippen LogP contribution in [-0.4, -0.2) is 26.4 Å². The van der Waals surface area contributed by atoms with Crippen LogP contribution in [0.25, 0.3) is 0 Å². The molecule has 0 aromatic heterocycles. The number of rotatable bonds is 16. The highest BCUT2D eigenvalue weighted by atomic mass is 16.5. The fourth-order valence-electron chi connectivity index (χ4n) is 2.42. The normalized spacial score (nSPS) is 13.5. The van der Waals surface area contributed by atoms with Gasteiger partial charge in [0.25, 0.3) is 0 Å². The first-order valence-electron chi connectivity index (χ1n) is 9.84. The van der Waals surface area contributed by atoms with Crippen molar-refractivity contribution in [3.63, 3.8) is 0 Å². The number of ether oxygens (including phenoxy) is 2. The van der Waals surface area contributed by atoms with Gasteiger partial charge < -0.3 is 9.47 Å². The fourth-order valence-corrected chi connectivity index (χ4v) is 2.42. The van der Waals surface area contributed by atoms with Crippen molar-refractivity contribution >= 4 is 0 Å². The van der Waals surface area contributed by atoms with Crippen LogP contribution in [0, 0.1) is 17.8 Å². The Morgan fingerprint density at radius 3 is 1.83 bits per heavy atom. The molecule has 1 unspecified atom stereocenters. The molecule has 0 heterocycles. The molecule has 23 heavy (non-hydrogen) atoms. The van der Waals surface area contributed by atoms with Crippen LogP contribution >= 0.6 is 0 Å². The molecule has 0 saturated heterocycles. The first-order chi connectivity index (χ1) is 11.0. The van der Waals surface area contributed by atoms with Gasteiger partial charge in [-0.1, -0.05) is 72.5 Å². The zero-order valence-electron chi connectivity index (χ0n) is 16.5. The summed E-state index contributed by atoms with van der Waals surface area (Å²) in [6, 6.07) is 0. The summed E-state index contributed by atoms with van der Waals surface area (Å²) in [4.78, 5) is 0. The van der Waals surface area contributed by atoms with Gasteiger partial charge in [-0.3, -0.25) is 0 Å². The quantitative estimate of drug-likeness (QED) is 0.246. The van der Waals surface area contributed by atoms with Gasteiger partial charge in [0.2, 0.25) is 0 Å². The summed E-state index contributed by atoms with van der Waals surface area (Å²) in [5.41, 5.74) is 0. The van der Waals surface area contributed by atoms with E-state index >= 15 is 0 Å². The van der Waals surface area contributed by atoms with Gasteiger partial charge in [-0.25, -0.2) is 0 Å². The molecule has 0 spiro atoms. The summed E-state index contributed by atoms with van der Waals surface area (Å²) in [5.74, 6) is 2.14. The molecule has 0 aliphatic carbocycles. The lowest BCUT2D eigenvalue weighted by molar-refractivity contribution is 0.112. The molecule has 0 radical (unpaired) electrons. The van der Waals surface area contributed by atoms with E-state index in [0.717, 1.165) is 44.7 Å². The minimum absolute atomic E-state index is 0.506. The number of hydrogen-bond donors (Lipinski definition) is 0.